The molecular formula is C72H114CaO14S2. The Bertz CT molecular complexity index is 2330. The molecule has 0 unspecified atom stereocenters. The van der Waals surface area contributed by atoms with Gasteiger partial charge in [-0.25, -0.2) is 36.0 Å². The van der Waals surface area contributed by atoms with E-state index in [2.05, 4.69) is 76.3 Å². The van der Waals surface area contributed by atoms with Gasteiger partial charge in [-0.05, 0) is 127 Å². The average Bonchev–Trinajstić information content (AvgIpc) is 3.38. The van der Waals surface area contributed by atoms with Gasteiger partial charge in [0.1, 0.15) is 20.2 Å². The van der Waals surface area contributed by atoms with E-state index in [4.69, 9.17) is 18.9 Å². The quantitative estimate of drug-likeness (QED) is 0.0150. The van der Waals surface area contributed by atoms with Crippen LogP contribution in [0.1, 0.15) is 326 Å². The van der Waals surface area contributed by atoms with Gasteiger partial charge in [-0.3, -0.25) is 0 Å². The molecule has 2 rings (SSSR count). The first kappa shape index (κ1) is 85.4. The fourth-order valence-electron chi connectivity index (χ4n) is 9.82. The minimum Gasteiger partial charge on any atom is -0.744 e. The Hall–Kier alpha value is -3.64. The molecule has 0 aliphatic heterocycles. The zero-order valence-electron chi connectivity index (χ0n) is 55.4. The van der Waals surface area contributed by atoms with Crippen LogP contribution in [0.4, 0.5) is 0 Å². The maximum absolute atomic E-state index is 12.9. The van der Waals surface area contributed by atoms with Gasteiger partial charge in [0.2, 0.25) is 0 Å². The summed E-state index contributed by atoms with van der Waals surface area (Å²) < 4.78 is 92.4. The molecule has 0 amide bonds. The van der Waals surface area contributed by atoms with Crippen molar-refractivity contribution in [1.29, 1.82) is 0 Å². The van der Waals surface area contributed by atoms with Crippen molar-refractivity contribution < 1.29 is 64.1 Å². The standard InChI is InChI=1S/2C36H58O7S.Ca/c2*1-3-5-7-9-11-13-15-17-19-21-23-25-30-42-35(37)32-28-27-29-33(44(39,40)41)34(32)36(38)43-31-26-24-22-20-18-16-14-12-10-8-6-4-2;/h2*19-22,27-29H,3-18,23-26,30-31H2,1-2H3,(H,39,40,41);/q;;+2/p-2/b2*21-19+,22-20+;. The number of hydrogen-bond donors (Lipinski definition) is 0. The molecule has 0 saturated carbocycles. The van der Waals surface area contributed by atoms with Crippen LogP contribution < -0.4 is 0 Å². The molecule has 0 saturated heterocycles. The predicted molar refractivity (Wildman–Crippen MR) is 360 cm³/mol. The summed E-state index contributed by atoms with van der Waals surface area (Å²) in [4.78, 5) is 49.7. The Morgan fingerprint density at radius 3 is 0.742 bits per heavy atom. The van der Waals surface area contributed by atoms with Gasteiger partial charge >= 0.3 is 61.6 Å². The molecule has 0 aromatic heterocycles. The van der Waals surface area contributed by atoms with Gasteiger partial charge in [-0.2, -0.15) is 0 Å². The number of ether oxygens (including phenoxy) is 4. The summed E-state index contributed by atoms with van der Waals surface area (Å²) in [6.07, 6.45) is 61.6. The normalized spacial score (nSPS) is 11.8. The molecule has 0 spiro atoms. The van der Waals surface area contributed by atoms with Crippen molar-refractivity contribution in [1.82, 2.24) is 0 Å². The van der Waals surface area contributed by atoms with E-state index in [1.165, 1.54) is 191 Å². The van der Waals surface area contributed by atoms with Crippen LogP contribution in [0.3, 0.4) is 0 Å². The van der Waals surface area contributed by atoms with Crippen molar-refractivity contribution in [2.45, 2.75) is 294 Å². The molecule has 2 aromatic carbocycles. The minimum atomic E-state index is -5.02. The molecule has 0 radical (unpaired) electrons. The smallest absolute Gasteiger partial charge is 0.744 e. The van der Waals surface area contributed by atoms with Crippen molar-refractivity contribution in [3.05, 3.63) is 107 Å². The molecule has 0 aliphatic rings. The van der Waals surface area contributed by atoms with E-state index < -0.39 is 65.0 Å². The van der Waals surface area contributed by atoms with Crippen LogP contribution in [0.25, 0.3) is 0 Å². The number of carbonyl (C=O) groups is 4. The molecule has 500 valence electrons. The Kier molecular flexibility index (Phi) is 55.8. The number of allylic oxidation sites excluding steroid dienone is 8. The Morgan fingerprint density at radius 1 is 0.315 bits per heavy atom. The molecule has 89 heavy (non-hydrogen) atoms. The number of unbranched alkanes of at least 4 members (excludes halogenated alkanes) is 32. The second-order valence-corrected chi connectivity index (χ2v) is 25.6. The summed E-state index contributed by atoms with van der Waals surface area (Å²) in [5.74, 6) is -3.76. The third-order valence-corrected chi connectivity index (χ3v) is 16.8. The largest absolute Gasteiger partial charge is 2.00 e. The summed E-state index contributed by atoms with van der Waals surface area (Å²) in [7, 11) is -10.0. The Balaban J connectivity index is 0.00000172. The molecule has 0 heterocycles. The van der Waals surface area contributed by atoms with Crippen molar-refractivity contribution in [3.63, 3.8) is 0 Å². The van der Waals surface area contributed by atoms with Gasteiger partial charge < -0.3 is 28.1 Å². The summed E-state index contributed by atoms with van der Waals surface area (Å²) in [6, 6.07) is 7.09. The number of rotatable bonds is 54. The van der Waals surface area contributed by atoms with E-state index in [0.717, 1.165) is 63.5 Å². The van der Waals surface area contributed by atoms with Gasteiger partial charge in [0.15, 0.2) is 0 Å². The zero-order valence-corrected chi connectivity index (χ0v) is 59.3. The molecule has 2 aromatic rings. The molecule has 0 atom stereocenters. The number of benzene rings is 2. The second kappa shape index (κ2) is 58.2. The van der Waals surface area contributed by atoms with Crippen LogP contribution in [0.5, 0.6) is 0 Å². The summed E-state index contributed by atoms with van der Waals surface area (Å²) >= 11 is 0. The van der Waals surface area contributed by atoms with Crippen molar-refractivity contribution in [3.8, 4) is 0 Å². The maximum atomic E-state index is 12.9. The van der Waals surface area contributed by atoms with Crippen LogP contribution >= 0.6 is 0 Å². The fraction of sp³-hybridized carbons (Fsp3) is 0.667. The van der Waals surface area contributed by atoms with Crippen LogP contribution in [0.15, 0.2) is 94.8 Å². The molecular weight excluding hydrogens is 1190 g/mol. The van der Waals surface area contributed by atoms with Crippen LogP contribution in [0.2, 0.25) is 0 Å². The number of esters is 4. The molecule has 14 nitrogen and oxygen atoms in total. The van der Waals surface area contributed by atoms with E-state index in [1.807, 2.05) is 0 Å². The number of carbonyl (C=O) groups excluding carboxylic acids is 4. The zero-order chi connectivity index (χ0) is 64.6. The number of hydrogen-bond acceptors (Lipinski definition) is 14. The minimum absolute atomic E-state index is 0. The van der Waals surface area contributed by atoms with Gasteiger partial charge in [-0.1, -0.05) is 243 Å². The third kappa shape index (κ3) is 45.3. The van der Waals surface area contributed by atoms with Crippen molar-refractivity contribution in [2.75, 3.05) is 26.4 Å². The van der Waals surface area contributed by atoms with Gasteiger partial charge in [0, 0.05) is 0 Å². The van der Waals surface area contributed by atoms with E-state index in [1.54, 1.807) is 0 Å². The van der Waals surface area contributed by atoms with Crippen LogP contribution in [-0.4, -0.2) is 114 Å². The van der Waals surface area contributed by atoms with Crippen LogP contribution in [-0.2, 0) is 39.2 Å². The molecule has 0 N–H and O–H groups in total. The van der Waals surface area contributed by atoms with E-state index in [9.17, 15) is 45.1 Å². The van der Waals surface area contributed by atoms with E-state index in [0.29, 0.717) is 38.5 Å². The maximum Gasteiger partial charge on any atom is 2.00 e. The second-order valence-electron chi connectivity index (χ2n) is 22.9. The first-order valence-electron chi connectivity index (χ1n) is 34.1. The monoisotopic (exact) mass is 1310 g/mol. The van der Waals surface area contributed by atoms with Crippen molar-refractivity contribution >= 4 is 81.9 Å². The third-order valence-electron chi connectivity index (χ3n) is 15.0. The first-order chi connectivity index (χ1) is 42.6. The molecule has 17 heteroatoms. The van der Waals surface area contributed by atoms with Crippen molar-refractivity contribution in [2.24, 2.45) is 0 Å². The average molecular weight is 1310 g/mol. The first-order valence-corrected chi connectivity index (χ1v) is 36.9. The Labute approximate surface area is 569 Å². The van der Waals surface area contributed by atoms with Gasteiger partial charge in [0.25, 0.3) is 0 Å². The summed E-state index contributed by atoms with van der Waals surface area (Å²) in [5, 5.41) is 0. The van der Waals surface area contributed by atoms with E-state index in [-0.39, 0.29) is 75.3 Å². The van der Waals surface area contributed by atoms with Gasteiger partial charge in [0.05, 0.1) is 58.5 Å². The SMILES string of the molecule is CCCCCCCCC/C=C/CCCOC(=O)c1cccc(S(=O)(=O)[O-])c1C(=O)OCCC/C=C/CCCCCCCCC.CCCCCCCCC/C=C/CCCOC(=O)c1cccc(S(=O)(=O)[O-])c1C(=O)OCCC/C=C/CCCCCCCCC.[Ca+2]. The topological polar surface area (TPSA) is 220 Å². The molecule has 0 bridgehead atoms. The van der Waals surface area contributed by atoms with Gasteiger partial charge in [-0.15, -0.1) is 0 Å². The predicted octanol–water partition coefficient (Wildman–Crippen LogP) is 19.3. The molecule has 0 aliphatic carbocycles. The Morgan fingerprint density at radius 2 is 0.517 bits per heavy atom. The summed E-state index contributed by atoms with van der Waals surface area (Å²) in [6.45, 7) is 9.16. The van der Waals surface area contributed by atoms with Crippen LogP contribution in [0, 0.1) is 0 Å². The fourth-order valence-corrected chi connectivity index (χ4v) is 11.2. The molecule has 0 fully saturated rings. The van der Waals surface area contributed by atoms with E-state index >= 15 is 0 Å². The summed E-state index contributed by atoms with van der Waals surface area (Å²) in [5.41, 5.74) is -1.68.